The van der Waals surface area contributed by atoms with Crippen LogP contribution in [0.3, 0.4) is 0 Å². The van der Waals surface area contributed by atoms with Gasteiger partial charge in [0.2, 0.25) is 0 Å². The Morgan fingerprint density at radius 1 is 1.06 bits per heavy atom. The van der Waals surface area contributed by atoms with Gasteiger partial charge in [-0.3, -0.25) is 19.7 Å². The Morgan fingerprint density at radius 3 is 2.58 bits per heavy atom. The van der Waals surface area contributed by atoms with E-state index in [9.17, 15) is 9.18 Å². The number of nitrogens with zero attached hydrogens (tertiary/aromatic N) is 7. The van der Waals surface area contributed by atoms with E-state index in [1.165, 1.54) is 6.07 Å². The molecule has 0 aliphatic rings. The number of aryl methyl sites for hydroxylation is 2. The maximum absolute atomic E-state index is 14.7. The fourth-order valence-corrected chi connectivity index (χ4v) is 3.27. The number of hydrogen-bond acceptors (Lipinski definition) is 7. The van der Waals surface area contributed by atoms with Crippen molar-refractivity contribution >= 4 is 5.91 Å². The SMILES string of the molecule is Cc1cnc(-c2cc(C(=O)NCc3cnc(C)cn3)cc(-n3nnnc3C(C)C)c2)c(F)c1. The van der Waals surface area contributed by atoms with Crippen molar-refractivity contribution in [2.75, 3.05) is 0 Å². The number of nitrogens with one attached hydrogen (secondary N) is 1. The van der Waals surface area contributed by atoms with Gasteiger partial charge < -0.3 is 5.32 Å². The number of aromatic nitrogens is 7. The second-order valence-corrected chi connectivity index (χ2v) is 8.05. The topological polar surface area (TPSA) is 111 Å². The highest BCUT2D eigenvalue weighted by Gasteiger charge is 2.18. The molecule has 0 aliphatic carbocycles. The van der Waals surface area contributed by atoms with Crippen molar-refractivity contribution in [1.29, 1.82) is 0 Å². The molecule has 0 bridgehead atoms. The van der Waals surface area contributed by atoms with E-state index in [1.807, 2.05) is 20.8 Å². The molecule has 4 rings (SSSR count). The minimum absolute atomic E-state index is 0.0373. The molecule has 0 saturated carbocycles. The summed E-state index contributed by atoms with van der Waals surface area (Å²) in [7, 11) is 0. The van der Waals surface area contributed by atoms with Gasteiger partial charge in [0.1, 0.15) is 11.5 Å². The third-order valence-electron chi connectivity index (χ3n) is 4.95. The highest BCUT2D eigenvalue weighted by molar-refractivity contribution is 5.96. The van der Waals surface area contributed by atoms with Crippen molar-refractivity contribution in [2.45, 2.75) is 40.2 Å². The fraction of sp³-hybridized carbons (Fsp3) is 0.261. The quantitative estimate of drug-likeness (QED) is 0.484. The zero-order valence-corrected chi connectivity index (χ0v) is 18.7. The van der Waals surface area contributed by atoms with Crippen molar-refractivity contribution in [2.24, 2.45) is 0 Å². The lowest BCUT2D eigenvalue weighted by molar-refractivity contribution is 0.0950. The third-order valence-corrected chi connectivity index (χ3v) is 4.95. The van der Waals surface area contributed by atoms with E-state index in [2.05, 4.69) is 35.8 Å². The van der Waals surface area contributed by atoms with Crippen LogP contribution in [0.2, 0.25) is 0 Å². The predicted octanol–water partition coefficient (Wildman–Crippen LogP) is 3.32. The lowest BCUT2D eigenvalue weighted by Crippen LogP contribution is -2.24. The molecule has 1 aromatic carbocycles. The smallest absolute Gasteiger partial charge is 0.251 e. The molecule has 0 spiro atoms. The van der Waals surface area contributed by atoms with Crippen molar-refractivity contribution in [3.63, 3.8) is 0 Å². The summed E-state index contributed by atoms with van der Waals surface area (Å²) in [6, 6.07) is 6.38. The van der Waals surface area contributed by atoms with Gasteiger partial charge in [-0.2, -0.15) is 4.68 Å². The van der Waals surface area contributed by atoms with Crippen molar-refractivity contribution < 1.29 is 9.18 Å². The number of rotatable bonds is 6. The molecule has 0 atom stereocenters. The summed E-state index contributed by atoms with van der Waals surface area (Å²) in [5.41, 5.74) is 3.54. The second kappa shape index (κ2) is 9.19. The van der Waals surface area contributed by atoms with Crippen LogP contribution in [0.15, 0.2) is 42.9 Å². The van der Waals surface area contributed by atoms with E-state index in [0.29, 0.717) is 33.9 Å². The minimum atomic E-state index is -0.478. The largest absolute Gasteiger partial charge is 0.346 e. The summed E-state index contributed by atoms with van der Waals surface area (Å²) >= 11 is 0. The molecule has 0 unspecified atom stereocenters. The van der Waals surface area contributed by atoms with E-state index < -0.39 is 5.82 Å². The molecule has 3 aromatic heterocycles. The normalized spacial score (nSPS) is 11.1. The van der Waals surface area contributed by atoms with Gasteiger partial charge in [0, 0.05) is 29.4 Å². The molecule has 0 saturated heterocycles. The van der Waals surface area contributed by atoms with Crippen molar-refractivity contribution in [3.05, 3.63) is 77.0 Å². The van der Waals surface area contributed by atoms with Gasteiger partial charge >= 0.3 is 0 Å². The molecular formula is C23H23FN8O. The van der Waals surface area contributed by atoms with Gasteiger partial charge in [0.05, 0.1) is 29.8 Å². The average Bonchev–Trinajstić information content (AvgIpc) is 3.29. The van der Waals surface area contributed by atoms with E-state index >= 15 is 0 Å². The molecule has 0 aliphatic heterocycles. The van der Waals surface area contributed by atoms with Gasteiger partial charge in [-0.25, -0.2) is 4.39 Å². The molecule has 1 amide bonds. The van der Waals surface area contributed by atoms with Crippen LogP contribution in [0.25, 0.3) is 16.9 Å². The predicted molar refractivity (Wildman–Crippen MR) is 119 cm³/mol. The first kappa shape index (κ1) is 22.1. The summed E-state index contributed by atoms with van der Waals surface area (Å²) in [5.74, 6) is -0.178. The summed E-state index contributed by atoms with van der Waals surface area (Å²) in [6.07, 6.45) is 4.83. The standard InChI is InChI=1S/C23H23FN8O/c1-13(2)22-29-30-31-32(22)19-7-16(21-20(24)5-14(3)9-27-21)6-17(8-19)23(33)28-12-18-11-25-15(4)10-26-18/h5-11,13H,12H2,1-4H3,(H,28,33). The van der Waals surface area contributed by atoms with Crippen LogP contribution in [-0.4, -0.2) is 41.1 Å². The van der Waals surface area contributed by atoms with Crippen LogP contribution in [-0.2, 0) is 6.54 Å². The molecule has 33 heavy (non-hydrogen) atoms. The van der Waals surface area contributed by atoms with Crippen LogP contribution < -0.4 is 5.32 Å². The average molecular weight is 446 g/mol. The Bertz CT molecular complexity index is 1300. The molecule has 0 radical (unpaired) electrons. The van der Waals surface area contributed by atoms with Gasteiger partial charge in [0.25, 0.3) is 5.91 Å². The molecule has 10 heteroatoms. The monoisotopic (exact) mass is 446 g/mol. The number of benzene rings is 1. The van der Waals surface area contributed by atoms with Crippen molar-refractivity contribution in [3.8, 4) is 16.9 Å². The Morgan fingerprint density at radius 2 is 1.88 bits per heavy atom. The molecule has 168 valence electrons. The minimum Gasteiger partial charge on any atom is -0.346 e. The first-order valence-electron chi connectivity index (χ1n) is 10.4. The molecule has 1 N–H and O–H groups in total. The Labute approximate surface area is 190 Å². The van der Waals surface area contributed by atoms with Crippen LogP contribution in [0, 0.1) is 19.7 Å². The molecule has 9 nitrogen and oxygen atoms in total. The van der Waals surface area contributed by atoms with Crippen LogP contribution in [0.1, 0.15) is 52.9 Å². The maximum atomic E-state index is 14.7. The van der Waals surface area contributed by atoms with Crippen LogP contribution >= 0.6 is 0 Å². The maximum Gasteiger partial charge on any atom is 0.251 e. The van der Waals surface area contributed by atoms with E-state index in [4.69, 9.17) is 0 Å². The Hall–Kier alpha value is -4.08. The van der Waals surface area contributed by atoms with Gasteiger partial charge in [-0.15, -0.1) is 5.10 Å². The second-order valence-electron chi connectivity index (χ2n) is 8.05. The number of hydrogen-bond donors (Lipinski definition) is 1. The molecule has 4 aromatic rings. The lowest BCUT2D eigenvalue weighted by Gasteiger charge is -2.13. The Balaban J connectivity index is 1.74. The first-order chi connectivity index (χ1) is 15.8. The fourth-order valence-electron chi connectivity index (χ4n) is 3.27. The number of carbonyl (C=O) groups excluding carboxylic acids is 1. The van der Waals surface area contributed by atoms with Gasteiger partial charge in [0.15, 0.2) is 5.82 Å². The van der Waals surface area contributed by atoms with E-state index in [-0.39, 0.29) is 24.1 Å². The summed E-state index contributed by atoms with van der Waals surface area (Å²) in [6.45, 7) is 7.72. The number of pyridine rings is 1. The number of carbonyl (C=O) groups is 1. The van der Waals surface area contributed by atoms with Gasteiger partial charge in [-0.05, 0) is 54.1 Å². The molecule has 3 heterocycles. The Kier molecular flexibility index (Phi) is 6.16. The lowest BCUT2D eigenvalue weighted by atomic mass is 10.0. The van der Waals surface area contributed by atoms with E-state index in [1.54, 1.807) is 48.4 Å². The van der Waals surface area contributed by atoms with Crippen LogP contribution in [0.5, 0.6) is 0 Å². The summed E-state index contributed by atoms with van der Waals surface area (Å²) in [5, 5.41) is 14.7. The number of amides is 1. The van der Waals surface area contributed by atoms with Crippen molar-refractivity contribution in [1.82, 2.24) is 40.5 Å². The molecular weight excluding hydrogens is 423 g/mol. The van der Waals surface area contributed by atoms with E-state index in [0.717, 1.165) is 5.69 Å². The first-order valence-corrected chi connectivity index (χ1v) is 10.4. The highest BCUT2D eigenvalue weighted by Crippen LogP contribution is 2.26. The number of tetrazole rings is 1. The summed E-state index contributed by atoms with van der Waals surface area (Å²) < 4.78 is 16.3. The number of halogens is 1. The van der Waals surface area contributed by atoms with Gasteiger partial charge in [-0.1, -0.05) is 13.8 Å². The zero-order chi connectivity index (χ0) is 23.5. The van der Waals surface area contributed by atoms with Crippen LogP contribution in [0.4, 0.5) is 4.39 Å². The zero-order valence-electron chi connectivity index (χ0n) is 18.7. The molecule has 0 fully saturated rings. The summed E-state index contributed by atoms with van der Waals surface area (Å²) in [4.78, 5) is 25.7. The highest BCUT2D eigenvalue weighted by atomic mass is 19.1. The third kappa shape index (κ3) is 4.89.